The van der Waals surface area contributed by atoms with Crippen LogP contribution in [0.25, 0.3) is 0 Å². The molecule has 6 nitrogen and oxygen atoms in total. The summed E-state index contributed by atoms with van der Waals surface area (Å²) < 4.78 is 29.9. The molecule has 0 aliphatic rings. The van der Waals surface area contributed by atoms with Crippen molar-refractivity contribution in [3.8, 4) is 0 Å². The van der Waals surface area contributed by atoms with E-state index in [4.69, 9.17) is 14.0 Å². The molecule has 50 heavy (non-hydrogen) atoms. The average molecular weight is 717 g/mol. The second-order valence-electron chi connectivity index (χ2n) is 14.8. The number of hydrogen-bond donors (Lipinski definition) is 2. The highest BCUT2D eigenvalue weighted by molar-refractivity contribution is 7.46. The fourth-order valence-electron chi connectivity index (χ4n) is 5.13. The van der Waals surface area contributed by atoms with Crippen LogP contribution >= 0.6 is 7.82 Å². The maximum absolute atomic E-state index is 11.8. The van der Waals surface area contributed by atoms with Crippen LogP contribution in [0.2, 0.25) is 0 Å². The van der Waals surface area contributed by atoms with E-state index >= 15 is 0 Å². The third-order valence-corrected chi connectivity index (χ3v) is 8.48. The van der Waals surface area contributed by atoms with Gasteiger partial charge in [-0.25, -0.2) is 4.57 Å². The molecule has 0 aromatic rings. The first-order valence-corrected chi connectivity index (χ1v) is 20.1. The van der Waals surface area contributed by atoms with E-state index in [0.29, 0.717) is 12.8 Å². The lowest BCUT2D eigenvalue weighted by molar-refractivity contribution is -0.0717. The maximum atomic E-state index is 11.8. The van der Waals surface area contributed by atoms with Gasteiger partial charge in [0.1, 0.15) is 6.10 Å². The van der Waals surface area contributed by atoms with Crippen LogP contribution < -0.4 is 0 Å². The lowest BCUT2D eigenvalue weighted by Gasteiger charge is -2.25. The zero-order chi connectivity index (χ0) is 38.1. The van der Waals surface area contributed by atoms with Crippen LogP contribution in [0.1, 0.15) is 147 Å². The first kappa shape index (κ1) is 48.0. The SMILES string of the molecule is CC(C)=CCC/C(C)=C/CC(/C=C(\C)CCC=C(C)C)OCC(COP(=O)(O)O)OC(/C=C(\C)CCC=C(C)C)C/C=C(\C)CCC=C(C)C. The van der Waals surface area contributed by atoms with Gasteiger partial charge in [-0.05, 0) is 147 Å². The van der Waals surface area contributed by atoms with Gasteiger partial charge in [-0.1, -0.05) is 93.2 Å². The molecule has 0 aromatic carbocycles. The number of phosphoric ester groups is 1. The molecule has 3 atom stereocenters. The number of hydrogen-bond acceptors (Lipinski definition) is 4. The first-order valence-electron chi connectivity index (χ1n) is 18.5. The van der Waals surface area contributed by atoms with E-state index < -0.39 is 13.9 Å². The highest BCUT2D eigenvalue weighted by Gasteiger charge is 2.23. The molecule has 0 saturated carbocycles. The Hall–Kier alpha value is -2.05. The summed E-state index contributed by atoms with van der Waals surface area (Å²) in [5, 5.41) is 0. The Balaban J connectivity index is 6.27. The highest BCUT2D eigenvalue weighted by Crippen LogP contribution is 2.36. The number of allylic oxidation sites excluding steroid dienone is 12. The van der Waals surface area contributed by atoms with Crippen molar-refractivity contribution >= 4 is 7.82 Å². The van der Waals surface area contributed by atoms with Gasteiger partial charge >= 0.3 is 7.82 Å². The molecule has 0 heterocycles. The second kappa shape index (κ2) is 27.6. The third-order valence-electron chi connectivity index (χ3n) is 8.00. The van der Waals surface area contributed by atoms with Crippen molar-refractivity contribution in [2.45, 2.75) is 166 Å². The van der Waals surface area contributed by atoms with E-state index in [1.54, 1.807) is 0 Å². The van der Waals surface area contributed by atoms with Gasteiger partial charge in [0.15, 0.2) is 0 Å². The Bertz CT molecular complexity index is 1250. The van der Waals surface area contributed by atoms with Crippen LogP contribution in [-0.2, 0) is 18.6 Å². The first-order chi connectivity index (χ1) is 23.4. The van der Waals surface area contributed by atoms with Crippen LogP contribution in [0, 0.1) is 0 Å². The van der Waals surface area contributed by atoms with Gasteiger partial charge < -0.3 is 19.3 Å². The topological polar surface area (TPSA) is 85.2 Å². The summed E-state index contributed by atoms with van der Waals surface area (Å²) in [6.07, 6.45) is 25.7. The number of rotatable bonds is 26. The lowest BCUT2D eigenvalue weighted by Crippen LogP contribution is -2.31. The molecule has 2 N–H and O–H groups in total. The van der Waals surface area contributed by atoms with E-state index in [-0.39, 0.29) is 25.4 Å². The normalized spacial score (nSPS) is 14.9. The summed E-state index contributed by atoms with van der Waals surface area (Å²) in [7, 11) is -4.71. The monoisotopic (exact) mass is 717 g/mol. The molecule has 0 rings (SSSR count). The molecular weight excluding hydrogens is 643 g/mol. The fraction of sp³-hybridized carbons (Fsp3) is 0.628. The second-order valence-corrected chi connectivity index (χ2v) is 16.1. The Labute approximate surface area is 307 Å². The molecule has 0 aliphatic carbocycles. The third kappa shape index (κ3) is 30.7. The molecule has 0 fully saturated rings. The van der Waals surface area contributed by atoms with E-state index in [0.717, 1.165) is 51.4 Å². The molecule has 286 valence electrons. The average Bonchev–Trinajstić information content (AvgIpc) is 2.98. The van der Waals surface area contributed by atoms with Gasteiger partial charge in [0.25, 0.3) is 0 Å². The standard InChI is InChI=1S/C43H73O6P/c1-33(2)17-13-21-37(9)25-27-41(29-39(11)23-15-19-35(5)6)47-31-43(32-48-50(44,45)46)49-42(30-40(12)24-16-20-36(7)8)28-26-38(10)22-14-18-34(3)4/h17-20,25-26,29-30,41-43H,13-16,21-24,27-28,31-32H2,1-12H3,(H2,44,45,46)/b37-25+,38-26+,39-29+,40-30+. The number of ether oxygens (including phenoxy) is 2. The van der Waals surface area contributed by atoms with E-state index in [1.165, 1.54) is 44.6 Å². The highest BCUT2D eigenvalue weighted by atomic mass is 31.2. The Morgan fingerprint density at radius 1 is 0.520 bits per heavy atom. The number of phosphoric acid groups is 1. The minimum absolute atomic E-state index is 0.136. The van der Waals surface area contributed by atoms with E-state index in [2.05, 4.69) is 132 Å². The van der Waals surface area contributed by atoms with Crippen molar-refractivity contribution < 1.29 is 28.3 Å². The predicted octanol–water partition coefficient (Wildman–Crippen LogP) is 12.8. The molecule has 0 bridgehead atoms. The van der Waals surface area contributed by atoms with E-state index in [1.807, 2.05) is 0 Å². The summed E-state index contributed by atoms with van der Waals surface area (Å²) in [4.78, 5) is 19.2. The van der Waals surface area contributed by atoms with Crippen LogP contribution in [0.5, 0.6) is 0 Å². The summed E-state index contributed by atoms with van der Waals surface area (Å²) in [6.45, 7) is 25.3. The predicted molar refractivity (Wildman–Crippen MR) is 215 cm³/mol. The van der Waals surface area contributed by atoms with E-state index in [9.17, 15) is 14.4 Å². The summed E-state index contributed by atoms with van der Waals surface area (Å²) in [5.74, 6) is 0. The molecule has 0 saturated heterocycles. The van der Waals surface area contributed by atoms with Crippen molar-refractivity contribution in [2.24, 2.45) is 0 Å². The molecule has 0 aliphatic heterocycles. The fourth-order valence-corrected chi connectivity index (χ4v) is 5.49. The quantitative estimate of drug-likeness (QED) is 0.0685. The van der Waals surface area contributed by atoms with Crippen molar-refractivity contribution in [3.05, 3.63) is 93.2 Å². The zero-order valence-electron chi connectivity index (χ0n) is 33.8. The molecule has 0 amide bonds. The van der Waals surface area contributed by atoms with Crippen LogP contribution in [0.15, 0.2) is 93.2 Å². The molecule has 7 heteroatoms. The lowest BCUT2D eigenvalue weighted by atomic mass is 10.0. The van der Waals surface area contributed by atoms with Crippen LogP contribution in [0.4, 0.5) is 0 Å². The largest absolute Gasteiger partial charge is 0.469 e. The van der Waals surface area contributed by atoms with Crippen LogP contribution in [-0.4, -0.2) is 41.3 Å². The molecule has 0 spiro atoms. The maximum Gasteiger partial charge on any atom is 0.469 e. The van der Waals surface area contributed by atoms with Gasteiger partial charge in [0, 0.05) is 0 Å². The summed E-state index contributed by atoms with van der Waals surface area (Å²) in [6, 6.07) is 0. The van der Waals surface area contributed by atoms with Gasteiger partial charge in [0.2, 0.25) is 0 Å². The minimum atomic E-state index is -4.71. The Morgan fingerprint density at radius 2 is 0.880 bits per heavy atom. The summed E-state index contributed by atoms with van der Waals surface area (Å²) in [5.41, 5.74) is 10.3. The zero-order valence-corrected chi connectivity index (χ0v) is 34.7. The van der Waals surface area contributed by atoms with Gasteiger partial charge in [-0.3, -0.25) is 4.52 Å². The molecule has 0 aromatic heterocycles. The molecular formula is C43H73O6P. The summed E-state index contributed by atoms with van der Waals surface area (Å²) >= 11 is 0. The van der Waals surface area contributed by atoms with Gasteiger partial charge in [-0.15, -0.1) is 0 Å². The smallest absolute Gasteiger partial charge is 0.371 e. The Morgan fingerprint density at radius 3 is 1.26 bits per heavy atom. The molecule has 0 radical (unpaired) electrons. The van der Waals surface area contributed by atoms with Crippen molar-refractivity contribution in [1.29, 1.82) is 0 Å². The van der Waals surface area contributed by atoms with Crippen molar-refractivity contribution in [2.75, 3.05) is 13.2 Å². The van der Waals surface area contributed by atoms with Gasteiger partial charge in [0.05, 0.1) is 25.4 Å². The van der Waals surface area contributed by atoms with Crippen molar-refractivity contribution in [3.63, 3.8) is 0 Å². The minimum Gasteiger partial charge on any atom is -0.371 e. The molecule has 3 unspecified atom stereocenters. The van der Waals surface area contributed by atoms with Crippen LogP contribution in [0.3, 0.4) is 0 Å². The van der Waals surface area contributed by atoms with Crippen molar-refractivity contribution in [1.82, 2.24) is 0 Å². The Kier molecular flexibility index (Phi) is 26.5. The van der Waals surface area contributed by atoms with Gasteiger partial charge in [-0.2, -0.15) is 0 Å².